The maximum Gasteiger partial charge on any atom is 0.330 e. The van der Waals surface area contributed by atoms with Gasteiger partial charge in [0.25, 0.3) is 5.91 Å². The Bertz CT molecular complexity index is 941. The third-order valence-electron chi connectivity index (χ3n) is 6.46. The number of ether oxygens (including phenoxy) is 2. The molecule has 1 saturated carbocycles. The van der Waals surface area contributed by atoms with Crippen molar-refractivity contribution in [3.05, 3.63) is 36.4 Å². The minimum atomic E-state index is -1.05. The van der Waals surface area contributed by atoms with Crippen LogP contribution >= 0.6 is 0 Å². The van der Waals surface area contributed by atoms with Crippen LogP contribution in [0.3, 0.4) is 0 Å². The van der Waals surface area contributed by atoms with E-state index in [2.05, 4.69) is 5.32 Å². The van der Waals surface area contributed by atoms with E-state index < -0.39 is 24.5 Å². The van der Waals surface area contributed by atoms with E-state index in [1.807, 2.05) is 19.1 Å². The van der Waals surface area contributed by atoms with Gasteiger partial charge in [-0.3, -0.25) is 19.3 Å². The Labute approximate surface area is 186 Å². The minimum absolute atomic E-state index is 0.0615. The first-order valence-corrected chi connectivity index (χ1v) is 11.1. The number of likely N-dealkylation sites (tertiary alicyclic amines) is 1. The molecule has 1 heterocycles. The van der Waals surface area contributed by atoms with Gasteiger partial charge in [-0.25, -0.2) is 4.79 Å². The number of carbonyl (C=O) groups excluding carboxylic acids is 4. The minimum Gasteiger partial charge on any atom is -0.492 e. The second kappa shape index (κ2) is 8.76. The molecule has 3 aliphatic rings. The summed E-state index contributed by atoms with van der Waals surface area (Å²) in [6, 6.07) is 5.90. The van der Waals surface area contributed by atoms with Gasteiger partial charge in [-0.1, -0.05) is 38.1 Å². The number of hydrogen-bond acceptors (Lipinski definition) is 6. The van der Waals surface area contributed by atoms with Gasteiger partial charge in [0.15, 0.2) is 6.61 Å². The zero-order valence-corrected chi connectivity index (χ0v) is 18.4. The second-order valence-electron chi connectivity index (χ2n) is 8.82. The number of nitrogens with zero attached hydrogens (tertiary/aromatic N) is 1. The predicted octanol–water partition coefficient (Wildman–Crippen LogP) is 2.40. The fourth-order valence-corrected chi connectivity index (χ4v) is 5.13. The van der Waals surface area contributed by atoms with Gasteiger partial charge in [0.2, 0.25) is 11.8 Å². The molecule has 1 aromatic carbocycles. The monoisotopic (exact) mass is 440 g/mol. The number of nitrogens with one attached hydrogen (secondary N) is 1. The van der Waals surface area contributed by atoms with Gasteiger partial charge in [0, 0.05) is 0 Å². The molecule has 0 aromatic heterocycles. The Morgan fingerprint density at radius 1 is 1.09 bits per heavy atom. The van der Waals surface area contributed by atoms with Crippen LogP contribution in [0.1, 0.15) is 27.2 Å². The number of amides is 3. The van der Waals surface area contributed by atoms with Crippen LogP contribution in [0.4, 0.5) is 5.69 Å². The molecule has 1 aliphatic heterocycles. The van der Waals surface area contributed by atoms with Gasteiger partial charge >= 0.3 is 5.97 Å². The highest BCUT2D eigenvalue weighted by atomic mass is 16.5. The molecule has 1 aromatic rings. The fourth-order valence-electron chi connectivity index (χ4n) is 5.13. The number of esters is 1. The van der Waals surface area contributed by atoms with Crippen molar-refractivity contribution < 1.29 is 28.7 Å². The molecular formula is C24H28N2O6. The van der Waals surface area contributed by atoms with Gasteiger partial charge < -0.3 is 14.8 Å². The summed E-state index contributed by atoms with van der Waals surface area (Å²) < 4.78 is 10.7. The molecule has 1 N–H and O–H groups in total. The molecule has 0 radical (unpaired) electrons. The smallest absolute Gasteiger partial charge is 0.330 e. The van der Waals surface area contributed by atoms with E-state index in [0.29, 0.717) is 18.0 Å². The summed E-state index contributed by atoms with van der Waals surface area (Å²) in [4.78, 5) is 52.5. The second-order valence-corrected chi connectivity index (χ2v) is 8.82. The van der Waals surface area contributed by atoms with Crippen LogP contribution in [-0.4, -0.2) is 47.8 Å². The average molecular weight is 440 g/mol. The Kier molecular flexibility index (Phi) is 6.04. The van der Waals surface area contributed by atoms with Crippen LogP contribution in [-0.2, 0) is 23.9 Å². The van der Waals surface area contributed by atoms with Crippen LogP contribution < -0.4 is 10.1 Å². The predicted molar refractivity (Wildman–Crippen MR) is 115 cm³/mol. The number of carbonyl (C=O) groups is 4. The zero-order valence-electron chi connectivity index (χ0n) is 18.4. The molecule has 0 unspecified atom stereocenters. The maximum atomic E-state index is 13.1. The summed E-state index contributed by atoms with van der Waals surface area (Å²) in [6.07, 6.45) is 4.84. The van der Waals surface area contributed by atoms with Crippen LogP contribution in [0.25, 0.3) is 0 Å². The molecule has 4 rings (SSSR count). The zero-order chi connectivity index (χ0) is 23.0. The molecular weight excluding hydrogens is 412 g/mol. The molecule has 1 saturated heterocycles. The normalized spacial score (nSPS) is 26.4. The number of rotatable bonds is 8. The van der Waals surface area contributed by atoms with Crippen LogP contribution in [0, 0.1) is 29.6 Å². The number of benzene rings is 1. The molecule has 2 fully saturated rings. The van der Waals surface area contributed by atoms with Crippen molar-refractivity contribution in [2.75, 3.05) is 18.5 Å². The largest absolute Gasteiger partial charge is 0.492 e. The summed E-state index contributed by atoms with van der Waals surface area (Å²) in [5, 5.41) is 2.66. The number of allylic oxidation sites excluding steroid dienone is 2. The summed E-state index contributed by atoms with van der Waals surface area (Å²) in [7, 11) is 0. The van der Waals surface area contributed by atoms with E-state index in [9.17, 15) is 19.2 Å². The van der Waals surface area contributed by atoms with Crippen molar-refractivity contribution in [2.24, 2.45) is 29.6 Å². The lowest BCUT2D eigenvalue weighted by Crippen LogP contribution is -2.50. The van der Waals surface area contributed by atoms with Crippen LogP contribution in [0.2, 0.25) is 0 Å². The van der Waals surface area contributed by atoms with Gasteiger partial charge in [-0.2, -0.15) is 0 Å². The first kappa shape index (κ1) is 22.0. The van der Waals surface area contributed by atoms with E-state index >= 15 is 0 Å². The highest BCUT2D eigenvalue weighted by Crippen LogP contribution is 2.53. The molecule has 32 heavy (non-hydrogen) atoms. The lowest BCUT2D eigenvalue weighted by molar-refractivity contribution is -0.162. The van der Waals surface area contributed by atoms with E-state index in [0.717, 1.165) is 11.3 Å². The first-order chi connectivity index (χ1) is 15.3. The highest BCUT2D eigenvalue weighted by molar-refractivity contribution is 6.09. The lowest BCUT2D eigenvalue weighted by Gasteiger charge is -2.28. The van der Waals surface area contributed by atoms with Crippen molar-refractivity contribution >= 4 is 29.4 Å². The third-order valence-corrected chi connectivity index (χ3v) is 6.46. The van der Waals surface area contributed by atoms with Gasteiger partial charge in [0.1, 0.15) is 11.8 Å². The molecule has 2 bridgehead atoms. The Morgan fingerprint density at radius 2 is 1.72 bits per heavy atom. The highest BCUT2D eigenvalue weighted by Gasteiger charge is 2.61. The molecule has 170 valence electrons. The van der Waals surface area contributed by atoms with Gasteiger partial charge in [-0.15, -0.1) is 0 Å². The van der Waals surface area contributed by atoms with Gasteiger partial charge in [-0.05, 0) is 43.2 Å². The molecule has 3 amide bonds. The van der Waals surface area contributed by atoms with Crippen molar-refractivity contribution in [1.29, 1.82) is 0 Å². The Balaban J connectivity index is 1.41. The third kappa shape index (κ3) is 3.78. The van der Waals surface area contributed by atoms with Crippen molar-refractivity contribution in [1.82, 2.24) is 4.90 Å². The fraction of sp³-hybridized carbons (Fsp3) is 0.500. The van der Waals surface area contributed by atoms with E-state index in [4.69, 9.17) is 9.47 Å². The quantitative estimate of drug-likeness (QED) is 0.378. The summed E-state index contributed by atoms with van der Waals surface area (Å²) in [5.41, 5.74) is 0.469. The van der Waals surface area contributed by atoms with E-state index in [1.54, 1.807) is 38.1 Å². The molecule has 2 aliphatic carbocycles. The summed E-state index contributed by atoms with van der Waals surface area (Å²) in [6.45, 7) is 5.26. The summed E-state index contributed by atoms with van der Waals surface area (Å²) >= 11 is 0. The topological polar surface area (TPSA) is 102 Å². The van der Waals surface area contributed by atoms with E-state index in [-0.39, 0.29) is 41.4 Å². The van der Waals surface area contributed by atoms with E-state index in [1.165, 1.54) is 0 Å². The number of imide groups is 1. The average Bonchev–Trinajstić information content (AvgIpc) is 3.44. The van der Waals surface area contributed by atoms with Crippen LogP contribution in [0.15, 0.2) is 36.4 Å². The molecule has 5 atom stereocenters. The molecule has 8 heteroatoms. The molecule has 8 nitrogen and oxygen atoms in total. The Hall–Kier alpha value is -3.16. The first-order valence-electron chi connectivity index (χ1n) is 11.1. The number of para-hydroxylation sites is 2. The standard InChI is InChI=1S/C24H28N2O6/c1-4-31-17-8-6-5-7-16(17)25-18(27)12-32-24(30)21(13(2)3)26-22(28)19-14-9-10-15(11-14)20(19)23(26)29/h5-10,13-15,19-21H,4,11-12H2,1-3H3,(H,25,27)/t14-,15-,19-,20-,21-/m0/s1. The van der Waals surface area contributed by atoms with Crippen LogP contribution in [0.5, 0.6) is 5.75 Å². The number of fused-ring (bicyclic) bond motifs is 5. The SMILES string of the molecule is CCOc1ccccc1NC(=O)COC(=O)[C@H](C(C)C)N1C(=O)[C@@H]2[C@@H](C1=O)[C@H]1C=C[C@H]2C1. The number of hydrogen-bond donors (Lipinski definition) is 1. The number of anilines is 1. The van der Waals surface area contributed by atoms with Crippen molar-refractivity contribution in [3.63, 3.8) is 0 Å². The van der Waals surface area contributed by atoms with Crippen molar-refractivity contribution in [3.8, 4) is 5.75 Å². The molecule has 0 spiro atoms. The van der Waals surface area contributed by atoms with Crippen molar-refractivity contribution in [2.45, 2.75) is 33.2 Å². The van der Waals surface area contributed by atoms with Gasteiger partial charge in [0.05, 0.1) is 24.1 Å². The Morgan fingerprint density at radius 3 is 2.31 bits per heavy atom. The maximum absolute atomic E-state index is 13.1. The summed E-state index contributed by atoms with van der Waals surface area (Å²) in [5.74, 6) is -2.38. The lowest BCUT2D eigenvalue weighted by atomic mass is 9.85.